The Kier molecular flexibility index (Phi) is 4.11. The highest BCUT2D eigenvalue weighted by molar-refractivity contribution is 7.12. The summed E-state index contributed by atoms with van der Waals surface area (Å²) < 4.78 is 1.93. The largest absolute Gasteiger partial charge is 0.294 e. The molecule has 1 saturated heterocycles. The Bertz CT molecular complexity index is 900. The van der Waals surface area contributed by atoms with E-state index in [1.54, 1.807) is 12.3 Å². The maximum Gasteiger partial charge on any atom is 0.233 e. The van der Waals surface area contributed by atoms with Crippen LogP contribution < -0.4 is 0 Å². The highest BCUT2D eigenvalue weighted by atomic mass is 32.1. The number of hydrogen-bond acceptors (Lipinski definition) is 5. The second-order valence-electron chi connectivity index (χ2n) is 6.78. The van der Waals surface area contributed by atoms with Crippen molar-refractivity contribution in [3.63, 3.8) is 0 Å². The molecule has 3 heterocycles. The Morgan fingerprint density at radius 2 is 1.85 bits per heavy atom. The second kappa shape index (κ2) is 6.32. The van der Waals surface area contributed by atoms with Crippen molar-refractivity contribution >= 4 is 28.9 Å². The number of carbonyl (C=O) groups is 3. The lowest BCUT2D eigenvalue weighted by atomic mass is 9.85. The number of allylic oxidation sites excluding steroid dienone is 2. The molecule has 1 aliphatic heterocycles. The summed E-state index contributed by atoms with van der Waals surface area (Å²) in [6.07, 6.45) is 6.77. The highest BCUT2D eigenvalue weighted by Crippen LogP contribution is 2.35. The number of aromatic nitrogens is 2. The molecule has 0 spiro atoms. The van der Waals surface area contributed by atoms with Gasteiger partial charge in [-0.2, -0.15) is 0 Å². The summed E-state index contributed by atoms with van der Waals surface area (Å²) in [5.74, 6) is -1.25. The van der Waals surface area contributed by atoms with Crippen LogP contribution in [0.5, 0.6) is 0 Å². The molecule has 7 heteroatoms. The van der Waals surface area contributed by atoms with Crippen LogP contribution in [-0.4, -0.2) is 38.6 Å². The molecule has 134 valence electrons. The van der Waals surface area contributed by atoms with Gasteiger partial charge in [-0.05, 0) is 32.8 Å². The van der Waals surface area contributed by atoms with Gasteiger partial charge >= 0.3 is 0 Å². The first kappa shape index (κ1) is 16.9. The van der Waals surface area contributed by atoms with Gasteiger partial charge in [0.15, 0.2) is 10.9 Å². The number of imide groups is 1. The summed E-state index contributed by atoms with van der Waals surface area (Å²) in [5, 5.41) is 2.68. The standard InChI is InChI=1S/C19H19N3O3S/c1-11-9-15(12(2)22(11)19-20-7-8-26-19)16(23)10-21-17(24)13-5-3-4-6-14(13)18(21)25/h3-4,7-9,13-14H,5-6,10H2,1-2H3. The monoisotopic (exact) mass is 369 g/mol. The molecule has 0 N–H and O–H groups in total. The van der Waals surface area contributed by atoms with E-state index < -0.39 is 0 Å². The number of nitrogens with zero attached hydrogens (tertiary/aromatic N) is 3. The Morgan fingerprint density at radius 1 is 1.19 bits per heavy atom. The third-order valence-electron chi connectivity index (χ3n) is 5.24. The van der Waals surface area contributed by atoms with Crippen molar-refractivity contribution in [1.29, 1.82) is 0 Å². The van der Waals surface area contributed by atoms with Crippen LogP contribution in [-0.2, 0) is 9.59 Å². The molecule has 2 atom stereocenters. The molecule has 2 amide bonds. The molecule has 1 aliphatic carbocycles. The Hall–Kier alpha value is -2.54. The van der Waals surface area contributed by atoms with E-state index in [0.717, 1.165) is 21.4 Å². The molecule has 0 bridgehead atoms. The second-order valence-corrected chi connectivity index (χ2v) is 7.65. The normalized spacial score (nSPS) is 22.2. The number of carbonyl (C=O) groups excluding carboxylic acids is 3. The van der Waals surface area contributed by atoms with Crippen molar-refractivity contribution in [2.75, 3.05) is 6.54 Å². The van der Waals surface area contributed by atoms with Gasteiger partial charge in [0.05, 0.1) is 18.4 Å². The number of Topliss-reactive ketones (excluding diaryl/α,β-unsaturated/α-hetero) is 1. The van der Waals surface area contributed by atoms with Gasteiger partial charge in [-0.1, -0.05) is 12.2 Å². The molecule has 6 nitrogen and oxygen atoms in total. The molecular weight excluding hydrogens is 350 g/mol. The number of rotatable bonds is 4. The van der Waals surface area contributed by atoms with Crippen LogP contribution >= 0.6 is 11.3 Å². The molecule has 26 heavy (non-hydrogen) atoms. The zero-order valence-corrected chi connectivity index (χ0v) is 15.5. The van der Waals surface area contributed by atoms with Gasteiger partial charge in [0, 0.05) is 28.5 Å². The van der Waals surface area contributed by atoms with E-state index in [2.05, 4.69) is 4.98 Å². The average molecular weight is 369 g/mol. The van der Waals surface area contributed by atoms with E-state index in [0.29, 0.717) is 18.4 Å². The summed E-state index contributed by atoms with van der Waals surface area (Å²) in [4.78, 5) is 43.4. The Morgan fingerprint density at radius 3 is 2.42 bits per heavy atom. The molecule has 4 rings (SSSR count). The lowest BCUT2D eigenvalue weighted by Crippen LogP contribution is -2.36. The zero-order valence-electron chi connectivity index (χ0n) is 14.6. The molecule has 1 fully saturated rings. The smallest absolute Gasteiger partial charge is 0.233 e. The predicted molar refractivity (Wildman–Crippen MR) is 97.3 cm³/mol. The molecule has 0 aromatic carbocycles. The first-order chi connectivity index (χ1) is 12.5. The number of hydrogen-bond donors (Lipinski definition) is 0. The maximum atomic E-state index is 12.9. The summed E-state index contributed by atoms with van der Waals surface area (Å²) in [6, 6.07) is 1.80. The van der Waals surface area contributed by atoms with Gasteiger partial charge in [0.1, 0.15) is 0 Å². The minimum Gasteiger partial charge on any atom is -0.294 e. The number of thiazole rings is 1. The van der Waals surface area contributed by atoms with E-state index in [-0.39, 0.29) is 36.0 Å². The van der Waals surface area contributed by atoms with Crippen molar-refractivity contribution in [2.24, 2.45) is 11.8 Å². The third-order valence-corrected chi connectivity index (χ3v) is 6.00. The SMILES string of the molecule is Cc1cc(C(=O)CN2C(=O)C3CC=CCC3C2=O)c(C)n1-c1nccs1. The van der Waals surface area contributed by atoms with Crippen LogP contribution in [0.3, 0.4) is 0 Å². The van der Waals surface area contributed by atoms with Crippen molar-refractivity contribution in [3.05, 3.63) is 46.7 Å². The van der Waals surface area contributed by atoms with Crippen LogP contribution in [0.4, 0.5) is 0 Å². The number of likely N-dealkylation sites (tertiary alicyclic amines) is 1. The van der Waals surface area contributed by atoms with E-state index in [4.69, 9.17) is 0 Å². The first-order valence-electron chi connectivity index (χ1n) is 8.61. The van der Waals surface area contributed by atoms with Crippen LogP contribution in [0, 0.1) is 25.7 Å². The van der Waals surface area contributed by atoms with Gasteiger partial charge in [-0.25, -0.2) is 4.98 Å². The van der Waals surface area contributed by atoms with Crippen LogP contribution in [0.25, 0.3) is 5.13 Å². The lowest BCUT2D eigenvalue weighted by molar-refractivity contribution is -0.139. The molecule has 2 aliphatic rings. The fourth-order valence-electron chi connectivity index (χ4n) is 3.92. The quantitative estimate of drug-likeness (QED) is 0.472. The maximum absolute atomic E-state index is 12.9. The van der Waals surface area contributed by atoms with Gasteiger partial charge in [-0.15, -0.1) is 11.3 Å². The minimum atomic E-state index is -0.303. The summed E-state index contributed by atoms with van der Waals surface area (Å²) in [5.41, 5.74) is 2.21. The topological polar surface area (TPSA) is 72.3 Å². The van der Waals surface area contributed by atoms with Crippen molar-refractivity contribution in [3.8, 4) is 5.13 Å². The van der Waals surface area contributed by atoms with Crippen molar-refractivity contribution in [2.45, 2.75) is 26.7 Å². The number of fused-ring (bicyclic) bond motifs is 1. The van der Waals surface area contributed by atoms with Gasteiger partial charge in [0.2, 0.25) is 11.8 Å². The third kappa shape index (κ3) is 2.54. The Balaban J connectivity index is 1.59. The van der Waals surface area contributed by atoms with Gasteiger partial charge in [-0.3, -0.25) is 23.9 Å². The number of amides is 2. The minimum absolute atomic E-state index is 0.188. The zero-order chi connectivity index (χ0) is 18.4. The summed E-state index contributed by atoms with van der Waals surface area (Å²) >= 11 is 1.49. The molecule has 2 unspecified atom stereocenters. The predicted octanol–water partition coefficient (Wildman–Crippen LogP) is 2.68. The van der Waals surface area contributed by atoms with Crippen LogP contribution in [0.15, 0.2) is 29.8 Å². The molecule has 2 aromatic heterocycles. The highest BCUT2D eigenvalue weighted by Gasteiger charge is 2.47. The number of ketones is 1. The van der Waals surface area contributed by atoms with E-state index >= 15 is 0 Å². The fraction of sp³-hybridized carbons (Fsp3) is 0.368. The first-order valence-corrected chi connectivity index (χ1v) is 9.49. The molecular formula is C19H19N3O3S. The molecule has 0 radical (unpaired) electrons. The lowest BCUT2D eigenvalue weighted by Gasteiger charge is -2.14. The van der Waals surface area contributed by atoms with Gasteiger partial charge in [0.25, 0.3) is 0 Å². The molecule has 0 saturated carbocycles. The Labute approximate surface area is 155 Å². The summed E-state index contributed by atoms with van der Waals surface area (Å²) in [7, 11) is 0. The van der Waals surface area contributed by atoms with Crippen LogP contribution in [0.1, 0.15) is 34.6 Å². The van der Waals surface area contributed by atoms with E-state index in [9.17, 15) is 14.4 Å². The van der Waals surface area contributed by atoms with E-state index in [1.807, 2.05) is 35.9 Å². The van der Waals surface area contributed by atoms with Crippen molar-refractivity contribution < 1.29 is 14.4 Å². The number of aryl methyl sites for hydroxylation is 1. The fourth-order valence-corrected chi connectivity index (χ4v) is 4.67. The van der Waals surface area contributed by atoms with Crippen LogP contribution in [0.2, 0.25) is 0 Å². The van der Waals surface area contributed by atoms with E-state index in [1.165, 1.54) is 11.3 Å². The average Bonchev–Trinajstić information content (AvgIpc) is 3.31. The molecule has 2 aromatic rings. The van der Waals surface area contributed by atoms with Crippen molar-refractivity contribution in [1.82, 2.24) is 14.5 Å². The summed E-state index contributed by atoms with van der Waals surface area (Å²) in [6.45, 7) is 3.59. The van der Waals surface area contributed by atoms with Gasteiger partial charge < -0.3 is 0 Å².